The molecule has 0 saturated carbocycles. The quantitative estimate of drug-likeness (QED) is 0.260. The Kier molecular flexibility index (Phi) is 12.3. The first-order chi connectivity index (χ1) is 20.8. The third-order valence-electron chi connectivity index (χ3n) is 5.43. The molecule has 3 N–H and O–H groups in total. The smallest absolute Gasteiger partial charge is 0.254 e. The van der Waals surface area contributed by atoms with Crippen LogP contribution in [0.1, 0.15) is 48.1 Å². The second-order valence-corrected chi connectivity index (χ2v) is 9.12. The van der Waals surface area contributed by atoms with Crippen molar-refractivity contribution in [2.75, 3.05) is 18.5 Å². The van der Waals surface area contributed by atoms with Crippen LogP contribution in [0.5, 0.6) is 11.6 Å². The van der Waals surface area contributed by atoms with Crippen LogP contribution >= 0.6 is 23.2 Å². The highest BCUT2D eigenvalue weighted by Crippen LogP contribution is 2.35. The third-order valence-corrected chi connectivity index (χ3v) is 5.95. The SMILES string of the molecule is CC.CCOc1cc(Cl)cc(Cl)c1C1=NCC(=O)Nc2ccccc21.NC(=O)c1cc(F)cnc1OCc1ncccn1. The summed E-state index contributed by atoms with van der Waals surface area (Å²) in [6.45, 7) is 6.39. The van der Waals surface area contributed by atoms with E-state index < -0.39 is 11.7 Å². The van der Waals surface area contributed by atoms with Crippen molar-refractivity contribution < 1.29 is 23.5 Å². The first-order valence-electron chi connectivity index (χ1n) is 13.2. The van der Waals surface area contributed by atoms with Crippen LogP contribution in [0.4, 0.5) is 10.1 Å². The van der Waals surface area contributed by atoms with E-state index in [0.29, 0.717) is 45.2 Å². The Labute approximate surface area is 258 Å². The standard InChI is InChI=1S/C17H14Cl2N2O2.C11H9FN4O2.C2H6/c1-2-23-14-8-10(18)7-12(19)16(14)17-11-5-3-4-6-13(11)21-15(22)9-20-17;12-7-4-8(10(13)17)11(16-5-7)18-6-9-14-2-1-3-15-9;1-2/h3-8H,2,9H2,1H3,(H,21,22);1-5H,6H2,(H2,13,17);1-2H3. The molecule has 3 heterocycles. The molecule has 10 nitrogen and oxygen atoms in total. The molecule has 0 fully saturated rings. The van der Waals surface area contributed by atoms with Gasteiger partial charge in [-0.3, -0.25) is 14.6 Å². The van der Waals surface area contributed by atoms with Gasteiger partial charge in [-0.15, -0.1) is 0 Å². The molecule has 1 aliphatic rings. The summed E-state index contributed by atoms with van der Waals surface area (Å²) in [7, 11) is 0. The number of anilines is 1. The number of ether oxygens (including phenoxy) is 2. The molecule has 2 aromatic heterocycles. The Morgan fingerprint density at radius 2 is 1.77 bits per heavy atom. The highest BCUT2D eigenvalue weighted by molar-refractivity contribution is 6.39. The minimum absolute atomic E-state index is 0.0136. The summed E-state index contributed by atoms with van der Waals surface area (Å²) in [6.07, 6.45) is 4.05. The van der Waals surface area contributed by atoms with Crippen LogP contribution < -0.4 is 20.5 Å². The van der Waals surface area contributed by atoms with E-state index in [1.165, 1.54) is 0 Å². The number of nitrogens with zero attached hydrogens (tertiary/aromatic N) is 4. The van der Waals surface area contributed by atoms with Crippen LogP contribution in [-0.2, 0) is 11.4 Å². The molecule has 0 radical (unpaired) electrons. The number of hydrogen-bond donors (Lipinski definition) is 2. The molecule has 1 aliphatic heterocycles. The summed E-state index contributed by atoms with van der Waals surface area (Å²) in [5.74, 6) is -0.725. The lowest BCUT2D eigenvalue weighted by Crippen LogP contribution is -2.14. The molecular formula is C30H29Cl2FN6O4. The minimum atomic E-state index is -0.814. The first-order valence-corrected chi connectivity index (χ1v) is 13.9. The highest BCUT2D eigenvalue weighted by Gasteiger charge is 2.23. The number of primary amides is 1. The number of benzodiazepines with no additional fused rings is 1. The van der Waals surface area contributed by atoms with Crippen molar-refractivity contribution in [1.29, 1.82) is 0 Å². The molecule has 0 unspecified atom stereocenters. The molecule has 4 aromatic rings. The zero-order chi connectivity index (χ0) is 31.4. The number of fused-ring (bicyclic) bond motifs is 1. The van der Waals surface area contributed by atoms with Crippen LogP contribution in [0, 0.1) is 5.82 Å². The van der Waals surface area contributed by atoms with E-state index in [4.69, 9.17) is 38.4 Å². The lowest BCUT2D eigenvalue weighted by atomic mass is 9.99. The van der Waals surface area contributed by atoms with E-state index >= 15 is 0 Å². The van der Waals surface area contributed by atoms with Gasteiger partial charge in [0.2, 0.25) is 11.8 Å². The summed E-state index contributed by atoms with van der Waals surface area (Å²) in [4.78, 5) is 38.9. The second kappa shape index (κ2) is 16.1. The predicted octanol–water partition coefficient (Wildman–Crippen LogP) is 5.90. The van der Waals surface area contributed by atoms with E-state index in [1.807, 2.05) is 45.0 Å². The van der Waals surface area contributed by atoms with Gasteiger partial charge < -0.3 is 20.5 Å². The second-order valence-electron chi connectivity index (χ2n) is 8.28. The fourth-order valence-corrected chi connectivity index (χ4v) is 4.31. The maximum Gasteiger partial charge on any atom is 0.254 e. The molecule has 13 heteroatoms. The lowest BCUT2D eigenvalue weighted by molar-refractivity contribution is -0.114. The van der Waals surface area contributed by atoms with Crippen LogP contribution in [0.15, 0.2) is 72.1 Å². The van der Waals surface area contributed by atoms with E-state index in [2.05, 4.69) is 25.3 Å². The Bertz CT molecular complexity index is 1610. The van der Waals surface area contributed by atoms with Crippen molar-refractivity contribution >= 4 is 46.4 Å². The van der Waals surface area contributed by atoms with Crippen molar-refractivity contribution in [1.82, 2.24) is 15.0 Å². The number of amides is 2. The number of carbonyl (C=O) groups excluding carboxylic acids is 2. The van der Waals surface area contributed by atoms with E-state index in [9.17, 15) is 14.0 Å². The normalized spacial score (nSPS) is 11.7. The van der Waals surface area contributed by atoms with Crippen LogP contribution in [0.25, 0.3) is 0 Å². The Morgan fingerprint density at radius 3 is 2.47 bits per heavy atom. The summed E-state index contributed by atoms with van der Waals surface area (Å²) in [5.41, 5.74) is 7.72. The van der Waals surface area contributed by atoms with Crippen LogP contribution in [-0.4, -0.2) is 45.6 Å². The number of carbonyl (C=O) groups is 2. The average molecular weight is 628 g/mol. The summed E-state index contributed by atoms with van der Waals surface area (Å²) in [6, 6.07) is 13.4. The summed E-state index contributed by atoms with van der Waals surface area (Å²) in [5, 5.41) is 3.76. The Balaban J connectivity index is 0.000000229. The van der Waals surface area contributed by atoms with E-state index in [0.717, 1.165) is 17.8 Å². The molecule has 0 saturated heterocycles. The molecule has 0 atom stereocenters. The van der Waals surface area contributed by atoms with Gasteiger partial charge in [-0.05, 0) is 37.3 Å². The zero-order valence-electron chi connectivity index (χ0n) is 23.6. The maximum absolute atomic E-state index is 12.9. The summed E-state index contributed by atoms with van der Waals surface area (Å²) >= 11 is 12.5. The molecule has 224 valence electrons. The van der Waals surface area contributed by atoms with Crippen molar-refractivity contribution in [3.8, 4) is 11.6 Å². The van der Waals surface area contributed by atoms with Gasteiger partial charge in [-0.25, -0.2) is 19.3 Å². The number of aromatic nitrogens is 3. The molecule has 5 rings (SSSR count). The minimum Gasteiger partial charge on any atom is -0.493 e. The van der Waals surface area contributed by atoms with Gasteiger partial charge in [-0.1, -0.05) is 55.2 Å². The fourth-order valence-electron chi connectivity index (χ4n) is 3.74. The number of pyridine rings is 1. The van der Waals surface area contributed by atoms with Crippen molar-refractivity contribution in [3.63, 3.8) is 0 Å². The van der Waals surface area contributed by atoms with Gasteiger partial charge in [0.05, 0.1) is 34.8 Å². The average Bonchev–Trinajstić information content (AvgIpc) is 3.16. The Hall–Kier alpha value is -4.61. The van der Waals surface area contributed by atoms with E-state index in [-0.39, 0.29) is 30.5 Å². The van der Waals surface area contributed by atoms with E-state index in [1.54, 1.807) is 30.6 Å². The van der Waals surface area contributed by atoms with Crippen LogP contribution in [0.2, 0.25) is 10.0 Å². The van der Waals surface area contributed by atoms with Gasteiger partial charge in [0, 0.05) is 23.0 Å². The number of rotatable bonds is 7. The number of para-hydroxylation sites is 1. The van der Waals surface area contributed by atoms with Crippen molar-refractivity contribution in [3.05, 3.63) is 105 Å². The fraction of sp³-hybridized carbons (Fsp3) is 0.200. The Morgan fingerprint density at radius 1 is 1.05 bits per heavy atom. The van der Waals surface area contributed by atoms with Gasteiger partial charge in [-0.2, -0.15) is 0 Å². The first kappa shape index (κ1) is 32.9. The molecule has 0 spiro atoms. The molecule has 0 bridgehead atoms. The molecule has 0 aliphatic carbocycles. The number of halogens is 3. The van der Waals surface area contributed by atoms with Gasteiger partial charge >= 0.3 is 0 Å². The van der Waals surface area contributed by atoms with Crippen molar-refractivity contribution in [2.45, 2.75) is 27.4 Å². The topological polar surface area (TPSA) is 142 Å². The molecular weight excluding hydrogens is 598 g/mol. The number of nitrogens with two attached hydrogens (primary N) is 1. The molecule has 43 heavy (non-hydrogen) atoms. The lowest BCUT2D eigenvalue weighted by Gasteiger charge is -2.15. The van der Waals surface area contributed by atoms with Gasteiger partial charge in [0.25, 0.3) is 5.91 Å². The largest absolute Gasteiger partial charge is 0.493 e. The number of benzene rings is 2. The van der Waals surface area contributed by atoms with Gasteiger partial charge in [0.15, 0.2) is 5.82 Å². The maximum atomic E-state index is 12.9. The number of hydrogen-bond acceptors (Lipinski definition) is 8. The van der Waals surface area contributed by atoms with Gasteiger partial charge in [0.1, 0.15) is 30.3 Å². The molecule has 2 amide bonds. The molecule has 2 aromatic carbocycles. The third kappa shape index (κ3) is 8.94. The number of nitrogens with one attached hydrogen (secondary N) is 1. The van der Waals surface area contributed by atoms with Crippen LogP contribution in [0.3, 0.4) is 0 Å². The zero-order valence-corrected chi connectivity index (χ0v) is 25.1. The highest BCUT2D eigenvalue weighted by atomic mass is 35.5. The summed E-state index contributed by atoms with van der Waals surface area (Å²) < 4.78 is 23.8. The predicted molar refractivity (Wildman–Crippen MR) is 164 cm³/mol. The number of aliphatic imine (C=N–C) groups is 1. The monoisotopic (exact) mass is 626 g/mol. The van der Waals surface area contributed by atoms with Crippen molar-refractivity contribution in [2.24, 2.45) is 10.7 Å².